The highest BCUT2D eigenvalue weighted by Crippen LogP contribution is 2.32. The van der Waals surface area contributed by atoms with Crippen LogP contribution in [0.25, 0.3) is 0 Å². The molecule has 0 radical (unpaired) electrons. The minimum atomic E-state index is -1.61. The Kier molecular flexibility index (Phi) is 22.5. The summed E-state index contributed by atoms with van der Waals surface area (Å²) in [5.41, 5.74) is 5.91. The number of hydrogen-bond acceptors (Lipinski definition) is 2. The van der Waals surface area contributed by atoms with Crippen molar-refractivity contribution in [2.75, 3.05) is 20.4 Å². The Labute approximate surface area is 272 Å². The number of aryl methyl sites for hydroxylation is 1. The highest BCUT2D eigenvalue weighted by Gasteiger charge is 2.21. The van der Waals surface area contributed by atoms with E-state index in [9.17, 15) is 26.7 Å². The molecule has 9 heteroatoms. The van der Waals surface area contributed by atoms with Crippen molar-refractivity contribution in [1.82, 2.24) is 5.32 Å². The lowest BCUT2D eigenvalue weighted by atomic mass is 9.86. The first kappa shape index (κ1) is 42.2. The summed E-state index contributed by atoms with van der Waals surface area (Å²) in [6.45, 7) is 8.05. The molecule has 256 valence electrons. The quantitative estimate of drug-likeness (QED) is 0.0730. The van der Waals surface area contributed by atoms with Gasteiger partial charge in [0.2, 0.25) is 6.41 Å². The van der Waals surface area contributed by atoms with Gasteiger partial charge in [-0.25, -0.2) is 13.2 Å². The van der Waals surface area contributed by atoms with E-state index in [2.05, 4.69) is 17.6 Å². The van der Waals surface area contributed by atoms with Crippen LogP contribution in [0.3, 0.4) is 0 Å². The normalized spacial score (nSPS) is 12.0. The van der Waals surface area contributed by atoms with Gasteiger partial charge in [0.25, 0.3) is 5.91 Å². The van der Waals surface area contributed by atoms with Crippen LogP contribution in [0.15, 0.2) is 78.7 Å². The van der Waals surface area contributed by atoms with Gasteiger partial charge in [0.05, 0.1) is 13.9 Å². The number of hydrogen-bond donors (Lipinski definition) is 2. The number of amides is 2. The Bertz CT molecular complexity index is 1220. The Balaban J connectivity index is 0.00000381. The van der Waals surface area contributed by atoms with Gasteiger partial charge < -0.3 is 11.1 Å². The average molecular weight is 651 g/mol. The van der Waals surface area contributed by atoms with E-state index in [0.717, 1.165) is 62.5 Å². The summed E-state index contributed by atoms with van der Waals surface area (Å²) in [4.78, 5) is 21.2. The maximum absolute atomic E-state index is 14.5. The molecule has 2 rings (SSSR count). The molecule has 0 heterocycles. The lowest BCUT2D eigenvalue weighted by Gasteiger charge is -2.19. The molecule has 0 saturated carbocycles. The molecule has 4 nitrogen and oxygen atoms in total. The molecule has 0 bridgehead atoms. The molecule has 0 fully saturated rings. The number of rotatable bonds is 18. The third-order valence-electron chi connectivity index (χ3n) is 7.24. The summed E-state index contributed by atoms with van der Waals surface area (Å²) >= 11 is 0. The maximum atomic E-state index is 14.5. The summed E-state index contributed by atoms with van der Waals surface area (Å²) in [5, 5.41) is 2.90. The zero-order valence-corrected chi connectivity index (χ0v) is 27.7. The molecule has 0 aromatic heterocycles. The molecule has 2 aromatic rings. The first-order valence-corrected chi connectivity index (χ1v) is 15.6. The average Bonchev–Trinajstić information content (AvgIpc) is 3.02. The predicted octanol–water partition coefficient (Wildman–Crippen LogP) is 9.85. The van der Waals surface area contributed by atoms with E-state index in [1.54, 1.807) is 36.4 Å². The number of nitrogens with two attached hydrogens (primary N) is 1. The highest BCUT2D eigenvalue weighted by molar-refractivity contribution is 5.94. The number of nitrogens with one attached hydrogen (secondary N) is 1. The van der Waals surface area contributed by atoms with E-state index < -0.39 is 18.2 Å². The third-order valence-corrected chi connectivity index (χ3v) is 7.24. The van der Waals surface area contributed by atoms with Gasteiger partial charge in [-0.15, -0.1) is 0 Å². The van der Waals surface area contributed by atoms with Gasteiger partial charge in [-0.1, -0.05) is 75.5 Å². The van der Waals surface area contributed by atoms with E-state index in [0.29, 0.717) is 30.4 Å². The molecule has 1 atom stereocenters. The van der Waals surface area contributed by atoms with Crippen LogP contribution in [-0.2, 0) is 16.9 Å². The molecule has 0 spiro atoms. The van der Waals surface area contributed by atoms with Crippen molar-refractivity contribution in [3.05, 3.63) is 107 Å². The fraction of sp³-hybridized carbons (Fsp3) is 0.459. The monoisotopic (exact) mass is 650 g/mol. The SMILES string of the molecule is C=C(F)/C=C\C(=C/C)C(CCCCCCCCCNC(=O)c1cc(CCF)cc(C(C)(C)F)c1)c1ccc(F)cc1.CF.NC=O. The predicted molar refractivity (Wildman–Crippen MR) is 179 cm³/mol. The first-order valence-electron chi connectivity index (χ1n) is 15.6. The first-order chi connectivity index (χ1) is 22.0. The molecule has 3 N–H and O–H groups in total. The second-order valence-electron chi connectivity index (χ2n) is 11.2. The van der Waals surface area contributed by atoms with Gasteiger partial charge in [-0.3, -0.25) is 18.4 Å². The number of primary amides is 1. The van der Waals surface area contributed by atoms with Crippen molar-refractivity contribution >= 4 is 12.3 Å². The molecule has 0 aliphatic heterocycles. The largest absolute Gasteiger partial charge is 0.372 e. The van der Waals surface area contributed by atoms with Gasteiger partial charge in [0, 0.05) is 24.4 Å². The maximum Gasteiger partial charge on any atom is 0.251 e. The van der Waals surface area contributed by atoms with Gasteiger partial charge in [-0.2, -0.15) is 0 Å². The number of halogens is 5. The highest BCUT2D eigenvalue weighted by atomic mass is 19.1. The molecule has 2 aromatic carbocycles. The number of carbonyl (C=O) groups excluding carboxylic acids is 2. The summed E-state index contributed by atoms with van der Waals surface area (Å²) in [6, 6.07) is 11.3. The minimum Gasteiger partial charge on any atom is -0.372 e. The smallest absolute Gasteiger partial charge is 0.251 e. The van der Waals surface area contributed by atoms with Crippen molar-refractivity contribution in [3.63, 3.8) is 0 Å². The van der Waals surface area contributed by atoms with Crippen molar-refractivity contribution in [3.8, 4) is 0 Å². The van der Waals surface area contributed by atoms with Gasteiger partial charge in [-0.05, 0) is 86.2 Å². The fourth-order valence-electron chi connectivity index (χ4n) is 4.90. The van der Waals surface area contributed by atoms with Crippen molar-refractivity contribution in [2.45, 2.75) is 90.1 Å². The van der Waals surface area contributed by atoms with Crippen molar-refractivity contribution in [2.24, 2.45) is 5.73 Å². The Morgan fingerprint density at radius 2 is 1.54 bits per heavy atom. The molecule has 0 aliphatic carbocycles. The zero-order valence-electron chi connectivity index (χ0n) is 27.7. The number of unbranched alkanes of at least 4 members (excludes halogenated alkanes) is 6. The number of alkyl halides is 3. The van der Waals surface area contributed by atoms with Crippen LogP contribution in [0.4, 0.5) is 22.0 Å². The van der Waals surface area contributed by atoms with Crippen LogP contribution in [0.1, 0.15) is 105 Å². The van der Waals surface area contributed by atoms with Crippen LogP contribution >= 0.6 is 0 Å². The second kappa shape index (κ2) is 24.5. The van der Waals surface area contributed by atoms with E-state index in [1.165, 1.54) is 32.1 Å². The topological polar surface area (TPSA) is 72.2 Å². The lowest BCUT2D eigenvalue weighted by Crippen LogP contribution is -2.25. The van der Waals surface area contributed by atoms with E-state index in [-0.39, 0.29) is 30.5 Å². The Morgan fingerprint density at radius 3 is 2.07 bits per heavy atom. The third kappa shape index (κ3) is 17.7. The van der Waals surface area contributed by atoms with Crippen LogP contribution < -0.4 is 11.1 Å². The van der Waals surface area contributed by atoms with Gasteiger partial charge in [0.15, 0.2) is 0 Å². The molecule has 0 aliphatic rings. The summed E-state index contributed by atoms with van der Waals surface area (Å²) in [7, 11) is 0.500. The summed E-state index contributed by atoms with van der Waals surface area (Å²) in [5.74, 6) is -0.985. The molecule has 0 saturated heterocycles. The second-order valence-corrected chi connectivity index (χ2v) is 11.2. The number of allylic oxidation sites excluding steroid dienone is 5. The van der Waals surface area contributed by atoms with E-state index in [4.69, 9.17) is 4.79 Å². The van der Waals surface area contributed by atoms with Crippen molar-refractivity contribution in [1.29, 1.82) is 0 Å². The number of carbonyl (C=O) groups is 2. The Hall–Kier alpha value is -3.75. The minimum absolute atomic E-state index is 0.0598. The van der Waals surface area contributed by atoms with Gasteiger partial charge in [0.1, 0.15) is 17.3 Å². The van der Waals surface area contributed by atoms with Crippen LogP contribution in [0.2, 0.25) is 0 Å². The summed E-state index contributed by atoms with van der Waals surface area (Å²) in [6.07, 6.45) is 13.5. The molecule has 1 unspecified atom stereocenters. The van der Waals surface area contributed by atoms with E-state index >= 15 is 0 Å². The zero-order chi connectivity index (χ0) is 35.0. The summed E-state index contributed by atoms with van der Waals surface area (Å²) < 4.78 is 63.5. The van der Waals surface area contributed by atoms with Crippen molar-refractivity contribution < 1.29 is 31.5 Å². The van der Waals surface area contributed by atoms with Crippen LogP contribution in [-0.4, -0.2) is 32.7 Å². The molecular formula is C37H51F5N2O2. The standard InChI is InChI=1S/C35H45F4NO.CH3F.CH3NO/c1-5-28(15-14-26(2)37)33(29-16-18-32(38)19-17-29)13-11-9-7-6-8-10-12-22-40-34(41)30-23-27(20-21-36)24-31(25-30)35(3,4)39;1-2;2-1-3/h5,14-19,23-25,33H,2,6-13,20-22H2,1,3-4H3,(H,40,41);1H3;1H,(H2,2,3)/b15-14-,28-5+;;. The fourth-order valence-corrected chi connectivity index (χ4v) is 4.90. The molecular weight excluding hydrogens is 599 g/mol. The van der Waals surface area contributed by atoms with Crippen LogP contribution in [0.5, 0.6) is 0 Å². The van der Waals surface area contributed by atoms with Crippen LogP contribution in [0, 0.1) is 5.82 Å². The Morgan fingerprint density at radius 1 is 0.978 bits per heavy atom. The van der Waals surface area contributed by atoms with E-state index in [1.807, 2.05) is 13.0 Å². The lowest BCUT2D eigenvalue weighted by molar-refractivity contribution is -0.106. The molecule has 46 heavy (non-hydrogen) atoms. The molecule has 2 amide bonds. The van der Waals surface area contributed by atoms with Gasteiger partial charge >= 0.3 is 0 Å². The number of benzene rings is 2.